The highest BCUT2D eigenvalue weighted by molar-refractivity contribution is 7.76. The Balaban J connectivity index is 1.58. The van der Waals surface area contributed by atoms with Crippen molar-refractivity contribution in [2.45, 2.75) is 27.7 Å². The summed E-state index contributed by atoms with van der Waals surface area (Å²) in [5, 5.41) is 15.1. The third-order valence-corrected chi connectivity index (χ3v) is 10.00. The number of anilines is 4. The molecule has 0 aliphatic rings. The van der Waals surface area contributed by atoms with E-state index in [2.05, 4.69) is 146 Å². The maximum Gasteiger partial charge on any atom is 0.133 e. The first kappa shape index (κ1) is 26.6. The predicted molar refractivity (Wildman–Crippen MR) is 166 cm³/mol. The van der Waals surface area contributed by atoms with E-state index in [1.807, 2.05) is 0 Å². The number of aryl methyl sites for hydroxylation is 4. The summed E-state index contributed by atoms with van der Waals surface area (Å²) in [7, 11) is -1.65. The number of hydrogen-bond acceptors (Lipinski definition) is 4. The lowest BCUT2D eigenvalue weighted by Crippen LogP contribution is -2.27. The standard InChI is InChI=1S/C32H40N4P/c1-25-5-13-29(14-6-25)33-21-37(22-34-30-15-7-26(2)8-16-30,23-35-31-17-9-27(3)10-18-31)24-36-32-19-11-28(4)12-20-32/h5-20,33-36H,21-24H2,1-4H3/q+1. The van der Waals surface area contributed by atoms with Gasteiger partial charge in [-0.3, -0.25) is 0 Å². The molecule has 4 aromatic rings. The van der Waals surface area contributed by atoms with Gasteiger partial charge in [-0.05, 0) is 76.2 Å². The fraction of sp³-hybridized carbons (Fsp3) is 0.250. The fourth-order valence-corrected chi connectivity index (χ4v) is 6.80. The van der Waals surface area contributed by atoms with E-state index >= 15 is 0 Å². The number of hydrogen-bond donors (Lipinski definition) is 4. The van der Waals surface area contributed by atoms with Crippen molar-refractivity contribution in [3.63, 3.8) is 0 Å². The summed E-state index contributed by atoms with van der Waals surface area (Å²) in [6.45, 7) is 8.51. The van der Waals surface area contributed by atoms with Gasteiger partial charge in [0.1, 0.15) is 25.1 Å². The topological polar surface area (TPSA) is 48.1 Å². The molecule has 192 valence electrons. The molecule has 0 spiro atoms. The van der Waals surface area contributed by atoms with E-state index in [4.69, 9.17) is 0 Å². The van der Waals surface area contributed by atoms with Gasteiger partial charge in [-0.15, -0.1) is 0 Å². The van der Waals surface area contributed by atoms with Crippen LogP contribution >= 0.6 is 7.26 Å². The van der Waals surface area contributed by atoms with Crippen molar-refractivity contribution in [3.05, 3.63) is 119 Å². The van der Waals surface area contributed by atoms with Gasteiger partial charge in [0.2, 0.25) is 0 Å². The molecule has 4 nitrogen and oxygen atoms in total. The second kappa shape index (κ2) is 12.7. The van der Waals surface area contributed by atoms with Crippen LogP contribution in [0.25, 0.3) is 0 Å². The van der Waals surface area contributed by atoms with Crippen LogP contribution < -0.4 is 21.3 Å². The molecule has 0 amide bonds. The van der Waals surface area contributed by atoms with Gasteiger partial charge in [0.15, 0.2) is 0 Å². The summed E-state index contributed by atoms with van der Waals surface area (Å²) >= 11 is 0. The molecule has 0 radical (unpaired) electrons. The minimum Gasteiger partial charge on any atom is -0.353 e. The van der Waals surface area contributed by atoms with Crippen molar-refractivity contribution in [2.24, 2.45) is 0 Å². The molecular weight excluding hydrogens is 471 g/mol. The molecule has 0 bridgehead atoms. The first-order valence-corrected chi connectivity index (χ1v) is 15.5. The normalized spacial score (nSPS) is 11.1. The van der Waals surface area contributed by atoms with Crippen LogP contribution in [0.4, 0.5) is 22.7 Å². The van der Waals surface area contributed by atoms with E-state index in [9.17, 15) is 0 Å². The van der Waals surface area contributed by atoms with Gasteiger partial charge in [0.25, 0.3) is 0 Å². The molecule has 0 aliphatic heterocycles. The molecule has 37 heavy (non-hydrogen) atoms. The smallest absolute Gasteiger partial charge is 0.133 e. The van der Waals surface area contributed by atoms with Gasteiger partial charge in [0, 0.05) is 22.7 Å². The Morgan fingerprint density at radius 2 is 0.541 bits per heavy atom. The summed E-state index contributed by atoms with van der Waals surface area (Å²) < 4.78 is 0. The summed E-state index contributed by atoms with van der Waals surface area (Å²) in [6, 6.07) is 34.8. The SMILES string of the molecule is Cc1ccc(NC[P+](CNc2ccc(C)cc2)(CNc2ccc(C)cc2)CNc2ccc(C)cc2)cc1. The van der Waals surface area contributed by atoms with Crippen LogP contribution in [0.15, 0.2) is 97.1 Å². The first-order chi connectivity index (χ1) is 17.9. The molecule has 0 saturated heterocycles. The lowest BCUT2D eigenvalue weighted by molar-refractivity contribution is 1.25. The molecule has 0 aliphatic carbocycles. The Morgan fingerprint density at radius 1 is 0.351 bits per heavy atom. The zero-order valence-corrected chi connectivity index (χ0v) is 23.4. The molecule has 4 rings (SSSR count). The van der Waals surface area contributed by atoms with Crippen molar-refractivity contribution in [1.82, 2.24) is 0 Å². The molecule has 0 saturated carbocycles. The highest BCUT2D eigenvalue weighted by atomic mass is 31.2. The van der Waals surface area contributed by atoms with Gasteiger partial charge in [-0.2, -0.15) is 0 Å². The maximum atomic E-state index is 3.78. The lowest BCUT2D eigenvalue weighted by atomic mass is 10.2. The monoisotopic (exact) mass is 511 g/mol. The lowest BCUT2D eigenvalue weighted by Gasteiger charge is -2.30. The third kappa shape index (κ3) is 8.27. The van der Waals surface area contributed by atoms with E-state index in [0.29, 0.717) is 0 Å². The molecule has 0 heterocycles. The molecular formula is C32H40N4P+. The highest BCUT2D eigenvalue weighted by Gasteiger charge is 2.38. The molecule has 0 aromatic heterocycles. The second-order valence-corrected chi connectivity index (χ2v) is 14.1. The molecule has 0 unspecified atom stereocenters. The predicted octanol–water partition coefficient (Wildman–Crippen LogP) is 8.52. The Hall–Kier alpha value is -3.49. The average Bonchev–Trinajstić information content (AvgIpc) is 2.91. The molecule has 0 fully saturated rings. The van der Waals surface area contributed by atoms with Gasteiger partial charge in [-0.1, -0.05) is 70.8 Å². The van der Waals surface area contributed by atoms with E-state index in [-0.39, 0.29) is 0 Å². The van der Waals surface area contributed by atoms with Gasteiger partial charge in [-0.25, -0.2) is 0 Å². The van der Waals surface area contributed by atoms with Crippen molar-refractivity contribution < 1.29 is 0 Å². The van der Waals surface area contributed by atoms with Crippen LogP contribution in [-0.4, -0.2) is 25.1 Å². The molecule has 4 aromatic carbocycles. The first-order valence-electron chi connectivity index (χ1n) is 13.0. The summed E-state index contributed by atoms with van der Waals surface area (Å²) in [5.74, 6) is 0. The van der Waals surface area contributed by atoms with Crippen molar-refractivity contribution in [2.75, 3.05) is 46.4 Å². The Kier molecular flexibility index (Phi) is 9.09. The number of nitrogens with one attached hydrogen (secondary N) is 4. The average molecular weight is 512 g/mol. The van der Waals surface area contributed by atoms with E-state index < -0.39 is 7.26 Å². The minimum atomic E-state index is -1.65. The fourth-order valence-electron chi connectivity index (χ4n) is 4.06. The Labute approximate surface area is 223 Å². The van der Waals surface area contributed by atoms with Gasteiger partial charge < -0.3 is 21.3 Å². The van der Waals surface area contributed by atoms with Crippen LogP contribution in [0.3, 0.4) is 0 Å². The van der Waals surface area contributed by atoms with Crippen molar-refractivity contribution >= 4 is 30.0 Å². The van der Waals surface area contributed by atoms with Crippen molar-refractivity contribution in [3.8, 4) is 0 Å². The number of benzene rings is 4. The maximum absolute atomic E-state index is 3.78. The quantitative estimate of drug-likeness (QED) is 0.144. The number of rotatable bonds is 12. The van der Waals surface area contributed by atoms with Crippen molar-refractivity contribution in [1.29, 1.82) is 0 Å². The molecule has 0 atom stereocenters. The van der Waals surface area contributed by atoms with Crippen LogP contribution in [0.1, 0.15) is 22.3 Å². The van der Waals surface area contributed by atoms with Crippen LogP contribution in [-0.2, 0) is 0 Å². The summed E-state index contributed by atoms with van der Waals surface area (Å²) in [5.41, 5.74) is 9.74. The second-order valence-electron chi connectivity index (χ2n) is 10.1. The van der Waals surface area contributed by atoms with E-state index in [1.165, 1.54) is 22.3 Å². The third-order valence-electron chi connectivity index (χ3n) is 6.68. The van der Waals surface area contributed by atoms with Crippen LogP contribution in [0.2, 0.25) is 0 Å². The van der Waals surface area contributed by atoms with Gasteiger partial charge in [0.05, 0.1) is 7.26 Å². The van der Waals surface area contributed by atoms with Crippen LogP contribution in [0.5, 0.6) is 0 Å². The van der Waals surface area contributed by atoms with E-state index in [0.717, 1.165) is 47.9 Å². The Bertz CT molecular complexity index is 1030. The Morgan fingerprint density at radius 3 is 0.730 bits per heavy atom. The van der Waals surface area contributed by atoms with E-state index in [1.54, 1.807) is 0 Å². The highest BCUT2D eigenvalue weighted by Crippen LogP contribution is 2.57. The minimum absolute atomic E-state index is 0.909. The summed E-state index contributed by atoms with van der Waals surface area (Å²) in [6.07, 6.45) is 3.64. The van der Waals surface area contributed by atoms with Gasteiger partial charge >= 0.3 is 0 Å². The zero-order chi connectivity index (χ0) is 26.1. The molecule has 5 heteroatoms. The largest absolute Gasteiger partial charge is 0.353 e. The summed E-state index contributed by atoms with van der Waals surface area (Å²) in [4.78, 5) is 0. The van der Waals surface area contributed by atoms with Crippen LogP contribution in [0, 0.1) is 27.7 Å². The molecule has 4 N–H and O–H groups in total. The zero-order valence-electron chi connectivity index (χ0n) is 22.5.